The molecule has 0 bridgehead atoms. The number of carboxylic acids is 2. The van der Waals surface area contributed by atoms with E-state index in [1.54, 1.807) is 0 Å². The predicted octanol–water partition coefficient (Wildman–Crippen LogP) is -2.98. The highest BCUT2D eigenvalue weighted by Crippen LogP contribution is 1.71. The number of rotatable bonds is 4. The Kier molecular flexibility index (Phi) is 8.68. The molecule has 6 N–H and O–H groups in total. The molecule has 0 amide bonds. The van der Waals surface area contributed by atoms with Crippen LogP contribution < -0.4 is 5.73 Å². The molecule has 0 unspecified atom stereocenters. The predicted molar refractivity (Wildman–Crippen MR) is 42.4 cm³/mol. The van der Waals surface area contributed by atoms with Crippen molar-refractivity contribution in [2.24, 2.45) is 5.73 Å². The van der Waals surface area contributed by atoms with E-state index in [4.69, 9.17) is 26.2 Å². The van der Waals surface area contributed by atoms with Crippen molar-refractivity contribution in [3.63, 3.8) is 0 Å². The van der Waals surface area contributed by atoms with Gasteiger partial charge in [0, 0.05) is 0 Å². The topological polar surface area (TPSA) is 158 Å². The van der Waals surface area contributed by atoms with E-state index in [1.807, 2.05) is 0 Å². The van der Waals surface area contributed by atoms with Crippen LogP contribution in [-0.4, -0.2) is 57.4 Å². The average molecular weight is 209 g/mol. The van der Waals surface area contributed by atoms with Gasteiger partial charge < -0.3 is 26.2 Å². The molecule has 1 atom stereocenters. The molecular weight excluding hydrogens is 198 g/mol. The lowest BCUT2D eigenvalue weighted by Gasteiger charge is -1.96. The van der Waals surface area contributed by atoms with E-state index in [0.717, 1.165) is 0 Å². The van der Waals surface area contributed by atoms with Crippen molar-refractivity contribution in [1.29, 1.82) is 0 Å². The van der Waals surface area contributed by atoms with Crippen LogP contribution in [0.2, 0.25) is 0 Å². The Labute approximate surface area is 78.6 Å². The van der Waals surface area contributed by atoms with Gasteiger partial charge in [0.1, 0.15) is 12.6 Å². The molecular formula is C6H11NO7. The minimum absolute atomic E-state index is 0.505. The summed E-state index contributed by atoms with van der Waals surface area (Å²) >= 11 is 0. The first-order valence-corrected chi connectivity index (χ1v) is 3.33. The number of aliphatic hydroxyl groups is 2. The zero-order valence-electron chi connectivity index (χ0n) is 7.08. The summed E-state index contributed by atoms with van der Waals surface area (Å²) in [7, 11) is 0. The maximum atomic E-state index is 9.66. The lowest BCUT2D eigenvalue weighted by Crippen LogP contribution is -2.33. The maximum absolute atomic E-state index is 9.66. The zero-order valence-corrected chi connectivity index (χ0v) is 7.08. The van der Waals surface area contributed by atoms with Crippen molar-refractivity contribution >= 4 is 17.7 Å². The first kappa shape index (κ1) is 15.0. The molecule has 0 rings (SSSR count). The molecule has 8 nitrogen and oxygen atoms in total. The van der Waals surface area contributed by atoms with Gasteiger partial charge in [0.25, 0.3) is 5.78 Å². The number of hydrogen-bond donors (Lipinski definition) is 5. The van der Waals surface area contributed by atoms with Crippen molar-refractivity contribution in [2.45, 2.75) is 6.04 Å². The van der Waals surface area contributed by atoms with Crippen LogP contribution in [0.5, 0.6) is 0 Å². The van der Waals surface area contributed by atoms with Crippen LogP contribution in [0, 0.1) is 0 Å². The molecule has 0 aromatic rings. The molecule has 82 valence electrons. The number of aliphatic hydroxyl groups excluding tert-OH is 2. The molecule has 0 aromatic carbocycles. The molecule has 0 aliphatic carbocycles. The van der Waals surface area contributed by atoms with E-state index < -0.39 is 37.0 Å². The van der Waals surface area contributed by atoms with Crippen LogP contribution in [0.3, 0.4) is 0 Å². The van der Waals surface area contributed by atoms with Crippen LogP contribution in [0.4, 0.5) is 0 Å². The summed E-state index contributed by atoms with van der Waals surface area (Å²) in [6.07, 6.45) is 0. The lowest BCUT2D eigenvalue weighted by atomic mass is 10.3. The molecule has 0 aliphatic heterocycles. The van der Waals surface area contributed by atoms with Crippen LogP contribution in [0.1, 0.15) is 0 Å². The highest BCUT2D eigenvalue weighted by atomic mass is 16.4. The summed E-state index contributed by atoms with van der Waals surface area (Å²) in [5.41, 5.74) is 4.77. The van der Waals surface area contributed by atoms with Crippen molar-refractivity contribution in [3.8, 4) is 0 Å². The second-order valence-corrected chi connectivity index (χ2v) is 2.01. The van der Waals surface area contributed by atoms with Crippen molar-refractivity contribution < 1.29 is 34.8 Å². The molecule has 8 heteroatoms. The largest absolute Gasteiger partial charge is 0.480 e. The Balaban J connectivity index is 0. The normalized spacial score (nSPS) is 10.8. The third-order valence-electron chi connectivity index (χ3n) is 0.896. The minimum atomic E-state index is -1.59. The lowest BCUT2D eigenvalue weighted by molar-refractivity contribution is -0.150. The van der Waals surface area contributed by atoms with Crippen LogP contribution >= 0.6 is 0 Å². The van der Waals surface area contributed by atoms with Crippen molar-refractivity contribution in [2.75, 3.05) is 13.2 Å². The Morgan fingerprint density at radius 2 is 1.57 bits per heavy atom. The van der Waals surface area contributed by atoms with E-state index in [9.17, 15) is 14.4 Å². The summed E-state index contributed by atoms with van der Waals surface area (Å²) in [5.74, 6) is -3.95. The van der Waals surface area contributed by atoms with E-state index in [-0.39, 0.29) is 0 Å². The van der Waals surface area contributed by atoms with Gasteiger partial charge in [0.2, 0.25) is 0 Å². The number of Topliss-reactive ketones (excluding diaryl/α,β-unsaturated/α-hetero) is 1. The van der Waals surface area contributed by atoms with Gasteiger partial charge in [-0.1, -0.05) is 0 Å². The summed E-state index contributed by atoms with van der Waals surface area (Å²) in [6, 6.07) is -1.13. The summed E-state index contributed by atoms with van der Waals surface area (Å²) < 4.78 is 0. The first-order chi connectivity index (χ1) is 6.36. The number of hydrogen-bond acceptors (Lipinski definition) is 6. The minimum Gasteiger partial charge on any atom is -0.480 e. The monoisotopic (exact) mass is 209 g/mol. The van der Waals surface area contributed by atoms with Gasteiger partial charge in [-0.2, -0.15) is 0 Å². The van der Waals surface area contributed by atoms with Gasteiger partial charge in [-0.15, -0.1) is 0 Å². The molecule has 0 aliphatic rings. The number of ketones is 1. The fourth-order valence-electron chi connectivity index (χ4n) is 0.146. The van der Waals surface area contributed by atoms with Gasteiger partial charge in [0.15, 0.2) is 0 Å². The molecule has 0 aromatic heterocycles. The van der Waals surface area contributed by atoms with Gasteiger partial charge in [-0.3, -0.25) is 9.59 Å². The van der Waals surface area contributed by atoms with E-state index in [0.29, 0.717) is 0 Å². The van der Waals surface area contributed by atoms with Gasteiger partial charge in [0.05, 0.1) is 6.61 Å². The summed E-state index contributed by atoms with van der Waals surface area (Å²) in [4.78, 5) is 28.7. The Bertz CT molecular complexity index is 214. The second-order valence-electron chi connectivity index (χ2n) is 2.01. The van der Waals surface area contributed by atoms with Gasteiger partial charge in [-0.25, -0.2) is 4.79 Å². The maximum Gasteiger partial charge on any atom is 0.374 e. The molecule has 0 radical (unpaired) electrons. The third kappa shape index (κ3) is 8.59. The fourth-order valence-corrected chi connectivity index (χ4v) is 0.146. The molecule has 0 saturated carbocycles. The SMILES string of the molecule is N[C@@H](CO)C(=O)O.O=C(O)C(=O)CO. The Morgan fingerprint density at radius 1 is 1.14 bits per heavy atom. The molecule has 0 spiro atoms. The number of aliphatic carboxylic acids is 2. The van der Waals surface area contributed by atoms with Gasteiger partial charge >= 0.3 is 11.9 Å². The number of carboxylic acid groups (broad SMARTS) is 2. The van der Waals surface area contributed by atoms with Crippen LogP contribution in [0.15, 0.2) is 0 Å². The molecule has 0 saturated heterocycles. The van der Waals surface area contributed by atoms with Crippen LogP contribution in [0.25, 0.3) is 0 Å². The van der Waals surface area contributed by atoms with Crippen LogP contribution in [-0.2, 0) is 14.4 Å². The summed E-state index contributed by atoms with van der Waals surface area (Å²) in [6.45, 7) is -1.43. The highest BCUT2D eigenvalue weighted by molar-refractivity contribution is 6.33. The zero-order chi connectivity index (χ0) is 11.7. The van der Waals surface area contributed by atoms with E-state index >= 15 is 0 Å². The molecule has 0 fully saturated rings. The second kappa shape index (κ2) is 8.10. The quantitative estimate of drug-likeness (QED) is 0.307. The fraction of sp³-hybridized carbons (Fsp3) is 0.500. The summed E-state index contributed by atoms with van der Waals surface area (Å²) in [5, 5.41) is 31.3. The highest BCUT2D eigenvalue weighted by Gasteiger charge is 2.07. The van der Waals surface area contributed by atoms with E-state index in [1.165, 1.54) is 0 Å². The van der Waals surface area contributed by atoms with Crippen molar-refractivity contribution in [1.82, 2.24) is 0 Å². The Hall–Kier alpha value is -1.51. The van der Waals surface area contributed by atoms with E-state index in [2.05, 4.69) is 0 Å². The van der Waals surface area contributed by atoms with Crippen molar-refractivity contribution in [3.05, 3.63) is 0 Å². The number of nitrogens with two attached hydrogens (primary N) is 1. The Morgan fingerprint density at radius 3 is 1.57 bits per heavy atom. The molecule has 0 heterocycles. The number of carbonyl (C=O) groups is 3. The average Bonchev–Trinajstić information content (AvgIpc) is 2.15. The standard InChI is InChI=1S/C3H7NO3.C3H4O4/c4-2(1-5)3(6)7;4-1-2(5)3(6)7/h2,5H,1,4H2,(H,6,7);4H,1H2,(H,6,7)/t2-;/m0./s1. The smallest absolute Gasteiger partial charge is 0.374 e. The van der Waals surface area contributed by atoms with Gasteiger partial charge in [-0.05, 0) is 0 Å². The number of carbonyl (C=O) groups excluding carboxylic acids is 1. The molecule has 14 heavy (non-hydrogen) atoms. The third-order valence-corrected chi connectivity index (χ3v) is 0.896. The first-order valence-electron chi connectivity index (χ1n) is 3.33.